The molecule has 0 saturated carbocycles. The van der Waals surface area contributed by atoms with E-state index in [-0.39, 0.29) is 32.0 Å². The van der Waals surface area contributed by atoms with Crippen LogP contribution in [0.25, 0.3) is 0 Å². The molecule has 30 heavy (non-hydrogen) atoms. The molecule has 0 aliphatic carbocycles. The first-order valence-electron chi connectivity index (χ1n) is 9.82. The number of ether oxygens (including phenoxy) is 2. The van der Waals surface area contributed by atoms with Gasteiger partial charge in [-0.15, -0.1) is 0 Å². The van der Waals surface area contributed by atoms with Crippen molar-refractivity contribution < 1.29 is 23.9 Å². The molecule has 1 aliphatic rings. The standard InChI is InChI=1S/C23H26N2O5/c1-15-7-6-9-19(16(15)2)25-13-18(11-22(25)27)23(28)30-14-21(26)24-12-17-8-4-5-10-20(17)29-3/h4-10,18H,11-14H2,1-3H3,(H,24,26)/t18-/m0/s1. The molecule has 1 fully saturated rings. The first-order chi connectivity index (χ1) is 14.4. The molecule has 0 bridgehead atoms. The van der Waals surface area contributed by atoms with Crippen molar-refractivity contribution in [1.82, 2.24) is 5.32 Å². The fraction of sp³-hybridized carbons (Fsp3) is 0.348. The van der Waals surface area contributed by atoms with Gasteiger partial charge in [0.25, 0.3) is 5.91 Å². The van der Waals surface area contributed by atoms with Gasteiger partial charge in [0.1, 0.15) is 5.75 Å². The molecule has 1 atom stereocenters. The zero-order valence-electron chi connectivity index (χ0n) is 17.4. The predicted octanol–water partition coefficient (Wildman–Crippen LogP) is 2.52. The summed E-state index contributed by atoms with van der Waals surface area (Å²) in [5.74, 6) is -0.981. The van der Waals surface area contributed by atoms with E-state index in [1.807, 2.05) is 50.2 Å². The monoisotopic (exact) mass is 410 g/mol. The Kier molecular flexibility index (Phi) is 6.72. The highest BCUT2D eigenvalue weighted by Gasteiger charge is 2.37. The smallest absolute Gasteiger partial charge is 0.311 e. The zero-order valence-corrected chi connectivity index (χ0v) is 17.4. The average Bonchev–Trinajstić information content (AvgIpc) is 3.14. The van der Waals surface area contributed by atoms with E-state index >= 15 is 0 Å². The molecule has 1 saturated heterocycles. The lowest BCUT2D eigenvalue weighted by atomic mass is 10.1. The molecule has 0 unspecified atom stereocenters. The first kappa shape index (κ1) is 21.4. The van der Waals surface area contributed by atoms with E-state index in [9.17, 15) is 14.4 Å². The van der Waals surface area contributed by atoms with Crippen LogP contribution >= 0.6 is 0 Å². The fourth-order valence-corrected chi connectivity index (χ4v) is 3.47. The Labute approximate surface area is 176 Å². The van der Waals surface area contributed by atoms with Crippen molar-refractivity contribution >= 4 is 23.5 Å². The Hall–Kier alpha value is -3.35. The van der Waals surface area contributed by atoms with Crippen molar-refractivity contribution in [2.45, 2.75) is 26.8 Å². The lowest BCUT2D eigenvalue weighted by molar-refractivity contribution is -0.152. The summed E-state index contributed by atoms with van der Waals surface area (Å²) >= 11 is 0. The second-order valence-electron chi connectivity index (χ2n) is 7.32. The Morgan fingerprint density at radius 3 is 2.67 bits per heavy atom. The molecule has 0 radical (unpaired) electrons. The van der Waals surface area contributed by atoms with Gasteiger partial charge < -0.3 is 19.7 Å². The lowest BCUT2D eigenvalue weighted by Gasteiger charge is -2.20. The summed E-state index contributed by atoms with van der Waals surface area (Å²) in [6, 6.07) is 13.1. The average molecular weight is 410 g/mol. The van der Waals surface area contributed by atoms with Crippen molar-refractivity contribution in [3.8, 4) is 5.75 Å². The van der Waals surface area contributed by atoms with Gasteiger partial charge in [0.05, 0.1) is 13.0 Å². The largest absolute Gasteiger partial charge is 0.496 e. The Balaban J connectivity index is 1.51. The number of carbonyl (C=O) groups is 3. The molecular formula is C23H26N2O5. The number of hydrogen-bond acceptors (Lipinski definition) is 5. The van der Waals surface area contributed by atoms with E-state index < -0.39 is 17.8 Å². The number of amides is 2. The minimum absolute atomic E-state index is 0.0784. The Morgan fingerprint density at radius 2 is 1.90 bits per heavy atom. The fourth-order valence-electron chi connectivity index (χ4n) is 3.47. The van der Waals surface area contributed by atoms with Gasteiger partial charge in [0.15, 0.2) is 6.61 Å². The first-order valence-corrected chi connectivity index (χ1v) is 9.82. The van der Waals surface area contributed by atoms with Gasteiger partial charge in [-0.2, -0.15) is 0 Å². The topological polar surface area (TPSA) is 84.9 Å². The number of esters is 1. The number of nitrogens with one attached hydrogen (secondary N) is 1. The maximum Gasteiger partial charge on any atom is 0.311 e. The number of methoxy groups -OCH3 is 1. The number of benzene rings is 2. The number of hydrogen-bond donors (Lipinski definition) is 1. The number of carbonyl (C=O) groups excluding carboxylic acids is 3. The minimum Gasteiger partial charge on any atom is -0.496 e. The minimum atomic E-state index is -0.584. The van der Waals surface area contributed by atoms with Crippen LogP contribution in [-0.4, -0.2) is 38.0 Å². The second-order valence-corrected chi connectivity index (χ2v) is 7.32. The van der Waals surface area contributed by atoms with Gasteiger partial charge in [-0.1, -0.05) is 30.3 Å². The quantitative estimate of drug-likeness (QED) is 0.709. The normalized spacial score (nSPS) is 15.8. The third-order valence-electron chi connectivity index (χ3n) is 5.34. The van der Waals surface area contributed by atoms with Gasteiger partial charge in [-0.3, -0.25) is 14.4 Å². The summed E-state index contributed by atoms with van der Waals surface area (Å²) in [4.78, 5) is 38.5. The highest BCUT2D eigenvalue weighted by Crippen LogP contribution is 2.29. The maximum absolute atomic E-state index is 12.4. The van der Waals surface area contributed by atoms with Crippen LogP contribution < -0.4 is 15.0 Å². The van der Waals surface area contributed by atoms with Gasteiger partial charge in [0.2, 0.25) is 5.91 Å². The third kappa shape index (κ3) is 4.79. The molecular weight excluding hydrogens is 384 g/mol. The lowest BCUT2D eigenvalue weighted by Crippen LogP contribution is -2.31. The van der Waals surface area contributed by atoms with E-state index in [1.54, 1.807) is 18.1 Å². The molecule has 3 rings (SSSR count). The molecule has 2 aromatic carbocycles. The van der Waals surface area contributed by atoms with Crippen molar-refractivity contribution in [2.24, 2.45) is 5.92 Å². The summed E-state index contributed by atoms with van der Waals surface area (Å²) in [5.41, 5.74) is 3.73. The second kappa shape index (κ2) is 9.43. The van der Waals surface area contributed by atoms with E-state index in [1.165, 1.54) is 0 Å². The van der Waals surface area contributed by atoms with Crippen LogP contribution in [0, 0.1) is 19.8 Å². The Morgan fingerprint density at radius 1 is 1.13 bits per heavy atom. The van der Waals surface area contributed by atoms with Crippen molar-refractivity contribution in [2.75, 3.05) is 25.2 Å². The summed E-state index contributed by atoms with van der Waals surface area (Å²) in [5, 5.41) is 2.70. The van der Waals surface area contributed by atoms with Crippen LogP contribution in [0.4, 0.5) is 5.69 Å². The highest BCUT2D eigenvalue weighted by atomic mass is 16.5. The van der Waals surface area contributed by atoms with Crippen LogP contribution in [0.5, 0.6) is 5.75 Å². The maximum atomic E-state index is 12.4. The molecule has 2 amide bonds. The van der Waals surface area contributed by atoms with Gasteiger partial charge >= 0.3 is 5.97 Å². The molecule has 0 aromatic heterocycles. The summed E-state index contributed by atoms with van der Waals surface area (Å²) in [7, 11) is 1.56. The van der Waals surface area contributed by atoms with Crippen LogP contribution in [0.3, 0.4) is 0 Å². The van der Waals surface area contributed by atoms with Crippen LogP contribution in [-0.2, 0) is 25.7 Å². The number of rotatable bonds is 7. The molecule has 1 aliphatic heterocycles. The highest BCUT2D eigenvalue weighted by molar-refractivity contribution is 6.00. The van der Waals surface area contributed by atoms with Crippen LogP contribution in [0.1, 0.15) is 23.1 Å². The summed E-state index contributed by atoms with van der Waals surface area (Å²) in [6.07, 6.45) is 0.0784. The molecule has 0 spiro atoms. The van der Waals surface area contributed by atoms with E-state index in [0.29, 0.717) is 5.75 Å². The number of nitrogens with zero attached hydrogens (tertiary/aromatic N) is 1. The van der Waals surface area contributed by atoms with Crippen molar-refractivity contribution in [3.05, 3.63) is 59.2 Å². The van der Waals surface area contributed by atoms with Crippen molar-refractivity contribution in [1.29, 1.82) is 0 Å². The number of para-hydroxylation sites is 1. The Bertz CT molecular complexity index is 956. The SMILES string of the molecule is COc1ccccc1CNC(=O)COC(=O)[C@H]1CC(=O)N(c2cccc(C)c2C)C1. The molecule has 158 valence electrons. The molecule has 7 heteroatoms. The van der Waals surface area contributed by atoms with Crippen LogP contribution in [0.15, 0.2) is 42.5 Å². The number of aryl methyl sites for hydroxylation is 1. The van der Waals surface area contributed by atoms with Gasteiger partial charge in [0, 0.05) is 30.8 Å². The zero-order chi connectivity index (χ0) is 21.7. The van der Waals surface area contributed by atoms with E-state index in [2.05, 4.69) is 5.32 Å². The molecule has 1 heterocycles. The van der Waals surface area contributed by atoms with E-state index in [4.69, 9.17) is 9.47 Å². The summed E-state index contributed by atoms with van der Waals surface area (Å²) < 4.78 is 10.4. The van der Waals surface area contributed by atoms with Crippen molar-refractivity contribution in [3.63, 3.8) is 0 Å². The third-order valence-corrected chi connectivity index (χ3v) is 5.34. The molecule has 1 N–H and O–H groups in total. The van der Waals surface area contributed by atoms with Crippen LogP contribution in [0.2, 0.25) is 0 Å². The molecule has 7 nitrogen and oxygen atoms in total. The van der Waals surface area contributed by atoms with E-state index in [0.717, 1.165) is 22.4 Å². The molecule has 2 aromatic rings. The predicted molar refractivity (Wildman–Crippen MR) is 112 cm³/mol. The van der Waals surface area contributed by atoms with Gasteiger partial charge in [-0.25, -0.2) is 0 Å². The summed E-state index contributed by atoms with van der Waals surface area (Å²) in [6.45, 7) is 4.07. The number of anilines is 1. The van der Waals surface area contributed by atoms with Gasteiger partial charge in [-0.05, 0) is 37.1 Å².